The van der Waals surface area contributed by atoms with Crippen molar-refractivity contribution in [1.82, 2.24) is 0 Å². The summed E-state index contributed by atoms with van der Waals surface area (Å²) in [5.41, 5.74) is 7.49. The molecule has 1 saturated carbocycles. The number of benzene rings is 4. The summed E-state index contributed by atoms with van der Waals surface area (Å²) < 4.78 is 12.3. The van der Waals surface area contributed by atoms with Gasteiger partial charge in [0.2, 0.25) is 0 Å². The molecule has 4 aromatic carbocycles. The van der Waals surface area contributed by atoms with Crippen LogP contribution in [0.2, 0.25) is 24.2 Å². The van der Waals surface area contributed by atoms with Gasteiger partial charge in [0.05, 0.1) is 38.3 Å². The summed E-state index contributed by atoms with van der Waals surface area (Å²) in [6.45, 7) is 19.7. The van der Waals surface area contributed by atoms with Crippen LogP contribution in [0.5, 0.6) is 11.5 Å². The Morgan fingerprint density at radius 3 is 1.58 bits per heavy atom. The molecule has 0 spiro atoms. The summed E-state index contributed by atoms with van der Waals surface area (Å²) in [5, 5.41) is 0.455. The minimum atomic E-state index is -1.20. The van der Waals surface area contributed by atoms with E-state index in [1.165, 1.54) is 23.1 Å². The topological polar surface area (TPSA) is 18.5 Å². The molecular weight excluding hydrogens is 729 g/mol. The van der Waals surface area contributed by atoms with Gasteiger partial charge < -0.3 is 9.47 Å². The van der Waals surface area contributed by atoms with Crippen LogP contribution in [0.25, 0.3) is 0 Å². The monoisotopic (exact) mass is 783 g/mol. The van der Waals surface area contributed by atoms with Gasteiger partial charge in [0, 0.05) is 44.8 Å². The second-order valence-corrected chi connectivity index (χ2v) is 22.9. The summed E-state index contributed by atoms with van der Waals surface area (Å²) >= 11 is 1.95. The van der Waals surface area contributed by atoms with Crippen LogP contribution < -0.4 is 9.47 Å². The summed E-state index contributed by atoms with van der Waals surface area (Å²) in [4.78, 5) is 1.31. The highest BCUT2D eigenvalue weighted by Gasteiger charge is 2.34. The van der Waals surface area contributed by atoms with Crippen LogP contribution in [-0.2, 0) is 0 Å². The molecule has 0 amide bonds. The molecule has 57 heavy (non-hydrogen) atoms. The van der Waals surface area contributed by atoms with E-state index in [0.29, 0.717) is 29.8 Å². The molecule has 0 atom stereocenters. The van der Waals surface area contributed by atoms with Crippen LogP contribution in [0.3, 0.4) is 0 Å². The van der Waals surface area contributed by atoms with E-state index in [-0.39, 0.29) is 0 Å². The zero-order valence-corrected chi connectivity index (χ0v) is 36.8. The highest BCUT2D eigenvalue weighted by Crippen LogP contribution is 2.40. The number of rotatable bonds is 11. The predicted molar refractivity (Wildman–Crippen MR) is 245 cm³/mol. The van der Waals surface area contributed by atoms with Crippen LogP contribution in [0.4, 0.5) is 0 Å². The van der Waals surface area contributed by atoms with Crippen molar-refractivity contribution in [3.63, 3.8) is 0 Å². The second kappa shape index (κ2) is 21.2. The van der Waals surface area contributed by atoms with Crippen LogP contribution in [-0.4, -0.2) is 27.0 Å². The van der Waals surface area contributed by atoms with Crippen LogP contribution in [0.1, 0.15) is 98.4 Å². The number of thioether (sulfide) groups is 1. The quantitative estimate of drug-likeness (QED) is 0.0653. The first-order valence-electron chi connectivity index (χ1n) is 20.1. The first kappa shape index (κ1) is 43.4. The Labute approximate surface area is 350 Å². The normalized spacial score (nSPS) is 12.6. The first-order valence-corrected chi connectivity index (χ1v) is 24.3. The molecule has 0 saturated heterocycles. The average molecular weight is 784 g/mol. The van der Waals surface area contributed by atoms with Gasteiger partial charge in [-0.15, -0.1) is 11.8 Å². The zero-order valence-electron chi connectivity index (χ0n) is 35.0. The maximum absolute atomic E-state index is 6.14. The molecule has 4 aromatic rings. The van der Waals surface area contributed by atoms with E-state index in [2.05, 4.69) is 144 Å². The molecule has 1 aliphatic carbocycles. The lowest BCUT2D eigenvalue weighted by Crippen LogP contribution is -2.36. The highest BCUT2D eigenvalue weighted by molar-refractivity contribution is 7.99. The Bertz CT molecular complexity index is 2210. The van der Waals surface area contributed by atoms with Gasteiger partial charge in [0.15, 0.2) is 0 Å². The van der Waals surface area contributed by atoms with Gasteiger partial charge in [0.25, 0.3) is 0 Å². The van der Waals surface area contributed by atoms with Gasteiger partial charge >= 0.3 is 0 Å². The lowest BCUT2D eigenvalue weighted by molar-refractivity contribution is 0.307. The molecule has 0 N–H and O–H groups in total. The van der Waals surface area contributed by atoms with Gasteiger partial charge in [-0.3, -0.25) is 0 Å². The second-order valence-electron chi connectivity index (χ2n) is 15.9. The highest BCUT2D eigenvalue weighted by atomic mass is 32.2. The van der Waals surface area contributed by atoms with Crippen molar-refractivity contribution in [2.75, 3.05) is 19.0 Å². The molecule has 0 aliphatic heterocycles. The molecule has 1 fully saturated rings. The fourth-order valence-corrected chi connectivity index (χ4v) is 8.59. The fraction of sp³-hybridized carbons (Fsp3) is 0.302. The van der Waals surface area contributed by atoms with Crippen LogP contribution in [0, 0.1) is 85.9 Å². The number of aryl methyl sites for hydroxylation is 1. The van der Waals surface area contributed by atoms with Crippen LogP contribution in [0.15, 0.2) is 83.8 Å². The molecule has 5 rings (SSSR count). The Hall–Kier alpha value is -4.71. The SMILES string of the molecule is CCCOc1cc(C#Cc2ccc(C#Cc3ccc(C#Cc4ccc(SCCC[Si](C)(C)C(C)(C)C)cc4)cc3C)cc2)c(OCCC)cc1C#C[C]1[CH][CH][CH][CH]1. The molecule has 0 aromatic heterocycles. The molecule has 2 nitrogen and oxygen atoms in total. The minimum absolute atomic E-state index is 0.455. The molecule has 0 unspecified atom stereocenters. The lowest BCUT2D eigenvalue weighted by Gasteiger charge is -2.37. The Balaban J connectivity index is 1.21. The Morgan fingerprint density at radius 2 is 1.05 bits per heavy atom. The maximum Gasteiger partial charge on any atom is 0.136 e. The number of ether oxygens (including phenoxy) is 2. The van der Waals surface area contributed by atoms with Crippen LogP contribution >= 0.6 is 11.8 Å². The Morgan fingerprint density at radius 1 is 0.579 bits per heavy atom. The van der Waals surface area contributed by atoms with E-state index in [1.807, 2.05) is 73.8 Å². The van der Waals surface area contributed by atoms with Crippen molar-refractivity contribution in [1.29, 1.82) is 0 Å². The standard InChI is InChI=1S/C53H55O2SSi/c1-9-34-54-51-40-49(52(55-35-10-2)39-48(51)30-23-42-14-11-12-15-42)31-24-44-18-16-43(17-19-44)22-28-47-29-25-46(38-41(47)3)21-20-45-26-32-50(33-27-45)56-36-13-37-57(7,8)53(4,5)6/h11-12,14-19,25-27,29,32-33,38-40H,9-10,13,34-37H2,1-8H3. The van der Waals surface area contributed by atoms with Crippen molar-refractivity contribution in [3.8, 4) is 58.9 Å². The van der Waals surface area contributed by atoms with Gasteiger partial charge in [-0.25, -0.2) is 0 Å². The smallest absolute Gasteiger partial charge is 0.136 e. The third kappa shape index (κ3) is 13.4. The molecule has 289 valence electrons. The zero-order chi connectivity index (χ0) is 40.7. The summed E-state index contributed by atoms with van der Waals surface area (Å²) in [6, 6.07) is 28.2. The largest absolute Gasteiger partial charge is 0.492 e. The molecular formula is C53H55O2SSi. The van der Waals surface area contributed by atoms with Gasteiger partial charge in [-0.05, 0) is 135 Å². The van der Waals surface area contributed by atoms with Gasteiger partial charge in [-0.2, -0.15) is 0 Å². The molecule has 5 radical (unpaired) electrons. The van der Waals surface area contributed by atoms with E-state index in [1.54, 1.807) is 0 Å². The fourth-order valence-electron chi connectivity index (χ4n) is 5.67. The first-order chi connectivity index (χ1) is 27.4. The maximum atomic E-state index is 6.14. The van der Waals surface area contributed by atoms with E-state index >= 15 is 0 Å². The summed E-state index contributed by atoms with van der Waals surface area (Å²) in [7, 11) is -1.20. The van der Waals surface area contributed by atoms with Gasteiger partial charge in [0.1, 0.15) is 11.5 Å². The lowest BCUT2D eigenvalue weighted by atomic mass is 10.0. The third-order valence-corrected chi connectivity index (χ3v) is 17.0. The van der Waals surface area contributed by atoms with Crippen molar-refractivity contribution < 1.29 is 9.47 Å². The van der Waals surface area contributed by atoms with E-state index in [9.17, 15) is 0 Å². The number of hydrogen-bond donors (Lipinski definition) is 0. The van der Waals surface area contributed by atoms with Crippen molar-refractivity contribution in [2.45, 2.75) is 89.9 Å². The predicted octanol–water partition coefficient (Wildman–Crippen LogP) is 12.5. The average Bonchev–Trinajstić information content (AvgIpc) is 3.73. The van der Waals surface area contributed by atoms with E-state index in [4.69, 9.17) is 9.47 Å². The van der Waals surface area contributed by atoms with Crippen molar-refractivity contribution in [2.24, 2.45) is 0 Å². The Kier molecular flexibility index (Phi) is 16.1. The van der Waals surface area contributed by atoms with Gasteiger partial charge in [-0.1, -0.05) is 101 Å². The molecule has 0 heterocycles. The molecule has 1 aliphatic rings. The summed E-state index contributed by atoms with van der Waals surface area (Å²) in [5.74, 6) is 30.1. The summed E-state index contributed by atoms with van der Waals surface area (Å²) in [6.07, 6.45) is 11.0. The van der Waals surface area contributed by atoms with Crippen molar-refractivity contribution in [3.05, 3.63) is 155 Å². The molecule has 0 bridgehead atoms. The van der Waals surface area contributed by atoms with E-state index < -0.39 is 8.07 Å². The minimum Gasteiger partial charge on any atom is -0.492 e. The van der Waals surface area contributed by atoms with E-state index in [0.717, 1.165) is 63.3 Å². The van der Waals surface area contributed by atoms with Crippen molar-refractivity contribution >= 4 is 19.8 Å². The third-order valence-electron chi connectivity index (χ3n) is 10.3. The molecule has 4 heteroatoms. The number of hydrogen-bond acceptors (Lipinski definition) is 3.